The van der Waals surface area contributed by atoms with Gasteiger partial charge < -0.3 is 31.2 Å². The van der Waals surface area contributed by atoms with E-state index in [-0.39, 0.29) is 12.8 Å². The van der Waals surface area contributed by atoms with Gasteiger partial charge in [0.1, 0.15) is 12.1 Å². The summed E-state index contributed by atoms with van der Waals surface area (Å²) >= 11 is 0. The van der Waals surface area contributed by atoms with E-state index in [1.165, 1.54) is 0 Å². The summed E-state index contributed by atoms with van der Waals surface area (Å²) in [6.07, 6.45) is -1.11. The van der Waals surface area contributed by atoms with Crippen LogP contribution in [0.2, 0.25) is 0 Å². The minimum atomic E-state index is -1.14. The van der Waals surface area contributed by atoms with Crippen LogP contribution in [0.25, 0.3) is 0 Å². The summed E-state index contributed by atoms with van der Waals surface area (Å²) in [6.45, 7) is 3.33. The molecule has 1 fully saturated rings. The van der Waals surface area contributed by atoms with Crippen LogP contribution < -0.4 is 11.5 Å². The maximum absolute atomic E-state index is 10.7. The molecule has 1 rings (SSSR count). The maximum atomic E-state index is 10.7. The van der Waals surface area contributed by atoms with Crippen LogP contribution >= 0.6 is 0 Å². The van der Waals surface area contributed by atoms with Crippen LogP contribution in [0.1, 0.15) is 26.7 Å². The number of hydrogen-bond donors (Lipinski definition) is 4. The molecule has 8 nitrogen and oxygen atoms in total. The fourth-order valence-electron chi connectivity index (χ4n) is 2.01. The van der Waals surface area contributed by atoms with Crippen molar-refractivity contribution in [1.29, 1.82) is 0 Å². The van der Waals surface area contributed by atoms with E-state index in [9.17, 15) is 9.59 Å². The lowest BCUT2D eigenvalue weighted by Crippen LogP contribution is -2.41. The van der Waals surface area contributed by atoms with Gasteiger partial charge in [0.15, 0.2) is 5.79 Å². The monoisotopic (exact) mass is 276 g/mol. The highest BCUT2D eigenvalue weighted by Crippen LogP contribution is 2.32. The summed E-state index contributed by atoms with van der Waals surface area (Å²) in [6, 6.07) is -2.18. The van der Waals surface area contributed by atoms with Crippen LogP contribution in [-0.4, -0.2) is 52.2 Å². The second-order valence-electron chi connectivity index (χ2n) is 5.07. The van der Waals surface area contributed by atoms with Gasteiger partial charge in [0.05, 0.1) is 12.2 Å². The van der Waals surface area contributed by atoms with Gasteiger partial charge in [-0.15, -0.1) is 0 Å². The topological polar surface area (TPSA) is 145 Å². The Morgan fingerprint density at radius 2 is 1.37 bits per heavy atom. The van der Waals surface area contributed by atoms with Crippen LogP contribution in [0.3, 0.4) is 0 Å². The smallest absolute Gasteiger partial charge is 0.320 e. The molecule has 0 aliphatic carbocycles. The first-order valence-corrected chi connectivity index (χ1v) is 5.95. The summed E-state index contributed by atoms with van der Waals surface area (Å²) in [4.78, 5) is 21.5. The van der Waals surface area contributed by atoms with Crippen molar-refractivity contribution < 1.29 is 29.3 Å². The molecule has 0 amide bonds. The molecule has 110 valence electrons. The predicted octanol–water partition coefficient (Wildman–Crippen LogP) is -0.889. The van der Waals surface area contributed by atoms with Crippen molar-refractivity contribution in [1.82, 2.24) is 0 Å². The molecule has 8 heteroatoms. The van der Waals surface area contributed by atoms with Crippen LogP contribution in [0, 0.1) is 0 Å². The molecule has 1 aliphatic heterocycles. The molecule has 0 radical (unpaired) electrons. The second kappa shape index (κ2) is 5.83. The van der Waals surface area contributed by atoms with Gasteiger partial charge in [-0.2, -0.15) is 0 Å². The van der Waals surface area contributed by atoms with Crippen LogP contribution in [0.5, 0.6) is 0 Å². The van der Waals surface area contributed by atoms with Crippen LogP contribution in [0.15, 0.2) is 0 Å². The maximum Gasteiger partial charge on any atom is 0.320 e. The molecular formula is C11H20N2O6. The van der Waals surface area contributed by atoms with Crippen molar-refractivity contribution in [2.45, 2.75) is 56.8 Å². The molecule has 1 heterocycles. The largest absolute Gasteiger partial charge is 0.480 e. The quantitative estimate of drug-likeness (QED) is 0.489. The number of rotatable bonds is 6. The third-order valence-corrected chi connectivity index (χ3v) is 2.89. The Morgan fingerprint density at radius 3 is 1.63 bits per heavy atom. The molecule has 0 saturated carbocycles. The lowest BCUT2D eigenvalue weighted by Gasteiger charge is -2.19. The third kappa shape index (κ3) is 4.43. The number of nitrogens with two attached hydrogens (primary N) is 2. The predicted molar refractivity (Wildman–Crippen MR) is 64.3 cm³/mol. The van der Waals surface area contributed by atoms with Gasteiger partial charge in [0, 0.05) is 12.8 Å². The number of carboxylic acids is 2. The normalized spacial score (nSPS) is 28.8. The average Bonchev–Trinajstić information content (AvgIpc) is 2.52. The fraction of sp³-hybridized carbons (Fsp3) is 0.818. The fourth-order valence-corrected chi connectivity index (χ4v) is 2.01. The van der Waals surface area contributed by atoms with E-state index in [4.69, 9.17) is 31.2 Å². The van der Waals surface area contributed by atoms with E-state index in [0.717, 1.165) is 0 Å². The highest BCUT2D eigenvalue weighted by Gasteiger charge is 2.43. The number of ether oxygens (including phenoxy) is 2. The number of carbonyl (C=O) groups is 2. The van der Waals surface area contributed by atoms with E-state index < -0.39 is 42.0 Å². The molecule has 0 aromatic rings. The SMILES string of the molecule is CC1(C)O[C@H](C[C@H](N)C(=O)O)[C@@H](C[C@H](N)C(=O)O)O1. The molecule has 0 aromatic carbocycles. The van der Waals surface area contributed by atoms with Gasteiger partial charge in [-0.3, -0.25) is 9.59 Å². The standard InChI is InChI=1S/C11H20N2O6/c1-11(2)18-7(3-5(12)9(14)15)8(19-11)4-6(13)10(16)17/h5-8H,3-4,12-13H2,1-2H3,(H,14,15)(H,16,17)/t5-,6-,7+,8+/m0/s1. The van der Waals surface area contributed by atoms with Gasteiger partial charge in [0.2, 0.25) is 0 Å². The summed E-state index contributed by atoms with van der Waals surface area (Å²) in [5, 5.41) is 17.6. The Morgan fingerprint density at radius 1 is 1.05 bits per heavy atom. The number of aliphatic carboxylic acids is 2. The Kier molecular flexibility index (Phi) is 4.86. The Hall–Kier alpha value is -1.22. The first-order chi connectivity index (χ1) is 8.62. The van der Waals surface area contributed by atoms with Crippen LogP contribution in [0.4, 0.5) is 0 Å². The second-order valence-corrected chi connectivity index (χ2v) is 5.07. The van der Waals surface area contributed by atoms with Crippen molar-refractivity contribution in [3.8, 4) is 0 Å². The van der Waals surface area contributed by atoms with Crippen molar-refractivity contribution in [3.05, 3.63) is 0 Å². The Balaban J connectivity index is 2.70. The number of hydrogen-bond acceptors (Lipinski definition) is 6. The van der Waals surface area contributed by atoms with Gasteiger partial charge in [-0.25, -0.2) is 0 Å². The Bertz CT molecular complexity index is 327. The average molecular weight is 276 g/mol. The van der Waals surface area contributed by atoms with Crippen molar-refractivity contribution in [3.63, 3.8) is 0 Å². The first-order valence-electron chi connectivity index (χ1n) is 5.95. The molecule has 0 unspecified atom stereocenters. The molecule has 0 bridgehead atoms. The molecular weight excluding hydrogens is 256 g/mol. The third-order valence-electron chi connectivity index (χ3n) is 2.89. The summed E-state index contributed by atoms with van der Waals surface area (Å²) in [7, 11) is 0. The lowest BCUT2D eigenvalue weighted by molar-refractivity contribution is -0.152. The summed E-state index contributed by atoms with van der Waals surface area (Å²) in [5.41, 5.74) is 10.9. The van der Waals surface area contributed by atoms with E-state index in [1.54, 1.807) is 13.8 Å². The zero-order chi connectivity index (χ0) is 14.8. The zero-order valence-electron chi connectivity index (χ0n) is 10.9. The molecule has 1 aliphatic rings. The van der Waals surface area contributed by atoms with Crippen molar-refractivity contribution in [2.75, 3.05) is 0 Å². The van der Waals surface area contributed by atoms with Gasteiger partial charge >= 0.3 is 11.9 Å². The molecule has 6 N–H and O–H groups in total. The molecule has 0 spiro atoms. The van der Waals surface area contributed by atoms with E-state index in [1.807, 2.05) is 0 Å². The summed E-state index contributed by atoms with van der Waals surface area (Å²) < 4.78 is 11.1. The number of carboxylic acid groups (broad SMARTS) is 2. The van der Waals surface area contributed by atoms with E-state index in [2.05, 4.69) is 0 Å². The molecule has 4 atom stereocenters. The van der Waals surface area contributed by atoms with Gasteiger partial charge in [-0.1, -0.05) is 0 Å². The highest BCUT2D eigenvalue weighted by molar-refractivity contribution is 5.73. The molecule has 0 aromatic heterocycles. The first kappa shape index (κ1) is 15.8. The minimum Gasteiger partial charge on any atom is -0.480 e. The van der Waals surface area contributed by atoms with E-state index in [0.29, 0.717) is 0 Å². The van der Waals surface area contributed by atoms with Crippen LogP contribution in [-0.2, 0) is 19.1 Å². The summed E-state index contributed by atoms with van der Waals surface area (Å²) in [5.74, 6) is -3.20. The lowest BCUT2D eigenvalue weighted by atomic mass is 10.00. The van der Waals surface area contributed by atoms with Crippen molar-refractivity contribution in [2.24, 2.45) is 11.5 Å². The minimum absolute atomic E-state index is 0.0375. The Labute approximate surface area is 110 Å². The molecule has 1 saturated heterocycles. The highest BCUT2D eigenvalue weighted by atomic mass is 16.7. The molecule has 19 heavy (non-hydrogen) atoms. The van der Waals surface area contributed by atoms with E-state index >= 15 is 0 Å². The van der Waals surface area contributed by atoms with Gasteiger partial charge in [0.25, 0.3) is 0 Å². The van der Waals surface area contributed by atoms with Crippen molar-refractivity contribution >= 4 is 11.9 Å². The zero-order valence-corrected chi connectivity index (χ0v) is 10.9. The van der Waals surface area contributed by atoms with Gasteiger partial charge in [-0.05, 0) is 13.8 Å².